The number of benzene rings is 1. The minimum absolute atomic E-state index is 0.154. The summed E-state index contributed by atoms with van der Waals surface area (Å²) in [6, 6.07) is 8.60. The van der Waals surface area contributed by atoms with Gasteiger partial charge in [-0.05, 0) is 24.5 Å². The third kappa shape index (κ3) is 2.05. The predicted molar refractivity (Wildman–Crippen MR) is 48.4 cm³/mol. The van der Waals surface area contributed by atoms with Crippen molar-refractivity contribution in [2.75, 3.05) is 0 Å². The van der Waals surface area contributed by atoms with Crippen molar-refractivity contribution in [1.82, 2.24) is 0 Å². The average Bonchev–Trinajstić information content (AvgIpc) is 2.05. The molecule has 0 fully saturated rings. The molecule has 0 aliphatic carbocycles. The Balaban J connectivity index is 2.91. The van der Waals surface area contributed by atoms with E-state index in [-0.39, 0.29) is 6.04 Å². The number of hydrogen-bond acceptors (Lipinski definition) is 1. The largest absolute Gasteiger partial charge is 0.324 e. The molecule has 0 saturated carbocycles. The molecular weight excluding hydrogens is 134 g/mol. The van der Waals surface area contributed by atoms with Gasteiger partial charge in [0, 0.05) is 6.04 Å². The van der Waals surface area contributed by atoms with Crippen molar-refractivity contribution < 1.29 is 0 Å². The van der Waals surface area contributed by atoms with E-state index in [9.17, 15) is 0 Å². The summed E-state index contributed by atoms with van der Waals surface area (Å²) in [6.07, 6.45) is 1.08. The lowest BCUT2D eigenvalue weighted by Crippen LogP contribution is -2.04. The standard InChI is InChI=1S/C10H15N/c1-3-9-5-4-6-10(7-9)8(2)11/h4-8H,3,11H2,1-2H3. The van der Waals surface area contributed by atoms with Gasteiger partial charge < -0.3 is 5.73 Å². The SMILES string of the molecule is CCc1cccc(C(C)N)c1. The first-order chi connectivity index (χ1) is 5.24. The molecule has 0 heterocycles. The zero-order valence-corrected chi connectivity index (χ0v) is 7.17. The smallest absolute Gasteiger partial charge is 0.0266 e. The molecule has 1 unspecified atom stereocenters. The molecule has 1 aromatic carbocycles. The van der Waals surface area contributed by atoms with Gasteiger partial charge in [-0.25, -0.2) is 0 Å². The Morgan fingerprint density at radius 2 is 2.18 bits per heavy atom. The van der Waals surface area contributed by atoms with Crippen molar-refractivity contribution >= 4 is 0 Å². The second-order valence-corrected chi connectivity index (χ2v) is 2.89. The van der Waals surface area contributed by atoms with Gasteiger partial charge >= 0.3 is 0 Å². The zero-order chi connectivity index (χ0) is 8.27. The molecule has 2 N–H and O–H groups in total. The molecule has 1 aromatic rings. The van der Waals surface area contributed by atoms with Crippen molar-refractivity contribution in [2.45, 2.75) is 26.3 Å². The topological polar surface area (TPSA) is 26.0 Å². The Kier molecular flexibility index (Phi) is 2.66. The highest BCUT2D eigenvalue weighted by molar-refractivity contribution is 5.25. The third-order valence-corrected chi connectivity index (χ3v) is 1.89. The predicted octanol–water partition coefficient (Wildman–Crippen LogP) is 2.27. The van der Waals surface area contributed by atoms with Crippen molar-refractivity contribution in [1.29, 1.82) is 0 Å². The summed E-state index contributed by atoms with van der Waals surface area (Å²) < 4.78 is 0. The van der Waals surface area contributed by atoms with Gasteiger partial charge in [0.2, 0.25) is 0 Å². The first kappa shape index (κ1) is 8.28. The van der Waals surface area contributed by atoms with Crippen molar-refractivity contribution in [3.8, 4) is 0 Å². The maximum Gasteiger partial charge on any atom is 0.0266 e. The number of rotatable bonds is 2. The molecule has 0 spiro atoms. The van der Waals surface area contributed by atoms with Gasteiger partial charge in [-0.2, -0.15) is 0 Å². The van der Waals surface area contributed by atoms with Gasteiger partial charge in [0.05, 0.1) is 0 Å². The lowest BCUT2D eigenvalue weighted by atomic mass is 10.0. The number of hydrogen-bond donors (Lipinski definition) is 1. The van der Waals surface area contributed by atoms with E-state index in [0.717, 1.165) is 6.42 Å². The van der Waals surface area contributed by atoms with Crippen LogP contribution in [0.4, 0.5) is 0 Å². The van der Waals surface area contributed by atoms with Gasteiger partial charge in [0.25, 0.3) is 0 Å². The molecule has 0 aromatic heterocycles. The molecule has 0 aliphatic heterocycles. The maximum atomic E-state index is 5.74. The van der Waals surface area contributed by atoms with Crippen molar-refractivity contribution in [2.24, 2.45) is 5.73 Å². The summed E-state index contributed by atoms with van der Waals surface area (Å²) in [5.41, 5.74) is 8.32. The molecule has 0 bridgehead atoms. The Labute approximate surface area is 68.2 Å². The van der Waals surface area contributed by atoms with Crippen LogP contribution < -0.4 is 5.73 Å². The summed E-state index contributed by atoms with van der Waals surface area (Å²) in [5.74, 6) is 0. The van der Waals surface area contributed by atoms with Crippen LogP contribution in [-0.4, -0.2) is 0 Å². The van der Waals surface area contributed by atoms with Gasteiger partial charge in [0.1, 0.15) is 0 Å². The molecule has 0 saturated heterocycles. The van der Waals surface area contributed by atoms with Gasteiger partial charge in [0.15, 0.2) is 0 Å². The fourth-order valence-corrected chi connectivity index (χ4v) is 1.10. The Hall–Kier alpha value is -0.820. The quantitative estimate of drug-likeness (QED) is 0.685. The van der Waals surface area contributed by atoms with Crippen LogP contribution in [0.5, 0.6) is 0 Å². The van der Waals surface area contributed by atoms with Crippen molar-refractivity contribution in [3.63, 3.8) is 0 Å². The minimum Gasteiger partial charge on any atom is -0.324 e. The minimum atomic E-state index is 0.154. The van der Waals surface area contributed by atoms with Crippen LogP contribution >= 0.6 is 0 Å². The highest BCUT2D eigenvalue weighted by Crippen LogP contribution is 2.11. The number of aryl methyl sites for hydroxylation is 1. The Morgan fingerprint density at radius 3 is 2.73 bits per heavy atom. The van der Waals surface area contributed by atoms with E-state index in [2.05, 4.69) is 31.2 Å². The third-order valence-electron chi connectivity index (χ3n) is 1.89. The summed E-state index contributed by atoms with van der Waals surface area (Å²) in [6.45, 7) is 4.16. The first-order valence-corrected chi connectivity index (χ1v) is 4.08. The van der Waals surface area contributed by atoms with E-state index >= 15 is 0 Å². The average molecular weight is 149 g/mol. The van der Waals surface area contributed by atoms with Crippen LogP contribution in [0.2, 0.25) is 0 Å². The van der Waals surface area contributed by atoms with E-state index in [1.54, 1.807) is 0 Å². The summed E-state index contributed by atoms with van der Waals surface area (Å²) >= 11 is 0. The molecule has 1 rings (SSSR count). The fraction of sp³-hybridized carbons (Fsp3) is 0.400. The fourth-order valence-electron chi connectivity index (χ4n) is 1.10. The first-order valence-electron chi connectivity index (χ1n) is 4.08. The number of nitrogens with two attached hydrogens (primary N) is 1. The molecule has 60 valence electrons. The zero-order valence-electron chi connectivity index (χ0n) is 7.17. The molecule has 0 aliphatic rings. The van der Waals surface area contributed by atoms with Crippen LogP contribution in [-0.2, 0) is 6.42 Å². The molecule has 1 heteroatoms. The molecule has 11 heavy (non-hydrogen) atoms. The molecule has 1 nitrogen and oxygen atoms in total. The van der Waals surface area contributed by atoms with E-state index in [1.807, 2.05) is 6.92 Å². The van der Waals surface area contributed by atoms with Gasteiger partial charge in [-0.15, -0.1) is 0 Å². The molecule has 1 atom stereocenters. The highest BCUT2D eigenvalue weighted by atomic mass is 14.6. The van der Waals surface area contributed by atoms with Crippen LogP contribution in [0, 0.1) is 0 Å². The molecule has 0 radical (unpaired) electrons. The monoisotopic (exact) mass is 149 g/mol. The van der Waals surface area contributed by atoms with Gasteiger partial charge in [-0.1, -0.05) is 31.2 Å². The van der Waals surface area contributed by atoms with Crippen LogP contribution in [0.1, 0.15) is 31.0 Å². The normalized spacial score (nSPS) is 13.0. The summed E-state index contributed by atoms with van der Waals surface area (Å²) in [4.78, 5) is 0. The maximum absolute atomic E-state index is 5.74. The highest BCUT2D eigenvalue weighted by Gasteiger charge is 1.97. The molecular formula is C10H15N. The summed E-state index contributed by atoms with van der Waals surface area (Å²) in [5, 5.41) is 0. The summed E-state index contributed by atoms with van der Waals surface area (Å²) in [7, 11) is 0. The Morgan fingerprint density at radius 1 is 1.45 bits per heavy atom. The van der Waals surface area contributed by atoms with Crippen LogP contribution in [0.3, 0.4) is 0 Å². The van der Waals surface area contributed by atoms with Crippen molar-refractivity contribution in [3.05, 3.63) is 35.4 Å². The molecule has 0 amide bonds. The van der Waals surface area contributed by atoms with E-state index < -0.39 is 0 Å². The van der Waals surface area contributed by atoms with E-state index in [1.165, 1.54) is 11.1 Å². The second-order valence-electron chi connectivity index (χ2n) is 2.89. The lowest BCUT2D eigenvalue weighted by molar-refractivity contribution is 0.815. The van der Waals surface area contributed by atoms with Crippen LogP contribution in [0.15, 0.2) is 24.3 Å². The van der Waals surface area contributed by atoms with Crippen LogP contribution in [0.25, 0.3) is 0 Å². The van der Waals surface area contributed by atoms with Gasteiger partial charge in [-0.3, -0.25) is 0 Å². The van der Waals surface area contributed by atoms with E-state index in [0.29, 0.717) is 0 Å². The Bertz CT molecular complexity index is 228. The van der Waals surface area contributed by atoms with E-state index in [4.69, 9.17) is 5.73 Å². The second kappa shape index (κ2) is 3.54. The lowest BCUT2D eigenvalue weighted by Gasteiger charge is -2.06.